The van der Waals surface area contributed by atoms with Gasteiger partial charge in [0, 0.05) is 6.20 Å². The number of aromatic nitrogens is 2. The minimum absolute atomic E-state index is 0.0353. The number of anilines is 2. The van der Waals surface area contributed by atoms with E-state index in [9.17, 15) is 13.2 Å². The molecule has 0 bridgehead atoms. The number of benzene rings is 2. The predicted octanol–water partition coefficient (Wildman–Crippen LogP) is 5.44. The third-order valence-electron chi connectivity index (χ3n) is 3.78. The van der Waals surface area contributed by atoms with Gasteiger partial charge in [0.15, 0.2) is 10.9 Å². The van der Waals surface area contributed by atoms with Crippen LogP contribution < -0.4 is 15.4 Å². The van der Waals surface area contributed by atoms with E-state index < -0.39 is 6.61 Å². The zero-order valence-corrected chi connectivity index (χ0v) is 16.7. The van der Waals surface area contributed by atoms with E-state index in [0.29, 0.717) is 17.1 Å². The Morgan fingerprint density at radius 3 is 2.76 bits per heavy atom. The first-order valence-electron chi connectivity index (χ1n) is 8.41. The maximum absolute atomic E-state index is 13.3. The molecule has 0 aliphatic heterocycles. The lowest BCUT2D eigenvalue weighted by Crippen LogP contribution is -2.20. The highest BCUT2D eigenvalue weighted by molar-refractivity contribution is 7.80. The molecule has 0 atom stereocenters. The molecule has 5 nitrogen and oxygen atoms in total. The summed E-state index contributed by atoms with van der Waals surface area (Å²) in [6, 6.07) is 10.9. The number of hydrogen-bond acceptors (Lipinski definition) is 3. The SMILES string of the molecule is Cc1ccc(NC(=S)Nc2nn(Cc3cccc(F)c3)cc2Cl)c(OC(F)F)c1. The Kier molecular flexibility index (Phi) is 6.60. The Morgan fingerprint density at radius 1 is 1.24 bits per heavy atom. The predicted molar refractivity (Wildman–Crippen MR) is 110 cm³/mol. The number of nitrogens with one attached hydrogen (secondary N) is 2. The van der Waals surface area contributed by atoms with Gasteiger partial charge in [-0.15, -0.1) is 0 Å². The van der Waals surface area contributed by atoms with Crippen molar-refractivity contribution in [3.63, 3.8) is 0 Å². The maximum atomic E-state index is 13.3. The Hall–Kier alpha value is -2.78. The average molecular weight is 441 g/mol. The molecule has 152 valence electrons. The van der Waals surface area contributed by atoms with Gasteiger partial charge in [0.25, 0.3) is 0 Å². The Morgan fingerprint density at radius 2 is 2.03 bits per heavy atom. The van der Waals surface area contributed by atoms with Gasteiger partial charge in [-0.1, -0.05) is 29.8 Å². The van der Waals surface area contributed by atoms with Crippen molar-refractivity contribution < 1.29 is 17.9 Å². The fourth-order valence-electron chi connectivity index (χ4n) is 2.57. The standard InChI is InChI=1S/C19H16ClF3N4OS/c1-11-5-6-15(16(7-11)28-18(22)23)24-19(29)25-17-14(20)10-27(26-17)9-12-3-2-4-13(21)8-12/h2-8,10,18H,9H2,1H3,(H2,24,25,26,29). The van der Waals surface area contributed by atoms with E-state index in [4.69, 9.17) is 23.8 Å². The molecule has 1 aromatic heterocycles. The molecule has 0 saturated heterocycles. The van der Waals surface area contributed by atoms with Gasteiger partial charge in [0.2, 0.25) is 0 Å². The molecule has 0 aliphatic carbocycles. The summed E-state index contributed by atoms with van der Waals surface area (Å²) >= 11 is 11.4. The topological polar surface area (TPSA) is 51.1 Å². The molecule has 3 aromatic rings. The molecule has 2 N–H and O–H groups in total. The van der Waals surface area contributed by atoms with Gasteiger partial charge in [-0.2, -0.15) is 13.9 Å². The molecule has 0 fully saturated rings. The van der Waals surface area contributed by atoms with E-state index in [1.807, 2.05) is 0 Å². The van der Waals surface area contributed by atoms with Gasteiger partial charge in [0.05, 0.1) is 12.2 Å². The minimum atomic E-state index is -2.97. The average Bonchev–Trinajstić information content (AvgIpc) is 2.95. The second-order valence-corrected chi connectivity index (χ2v) is 6.93. The molecule has 0 spiro atoms. The van der Waals surface area contributed by atoms with Crippen molar-refractivity contribution in [2.24, 2.45) is 0 Å². The van der Waals surface area contributed by atoms with Gasteiger partial charge in [0.1, 0.15) is 16.6 Å². The smallest absolute Gasteiger partial charge is 0.387 e. The molecule has 0 aliphatic rings. The minimum Gasteiger partial charge on any atom is -0.433 e. The first-order chi connectivity index (χ1) is 13.8. The zero-order chi connectivity index (χ0) is 21.0. The number of nitrogens with zero attached hydrogens (tertiary/aromatic N) is 2. The van der Waals surface area contributed by atoms with E-state index in [1.165, 1.54) is 22.9 Å². The van der Waals surface area contributed by atoms with Crippen LogP contribution in [0.5, 0.6) is 5.75 Å². The molecule has 2 aromatic carbocycles. The lowest BCUT2D eigenvalue weighted by Gasteiger charge is -2.14. The molecule has 0 amide bonds. The molecular weight excluding hydrogens is 425 g/mol. The molecule has 0 saturated carbocycles. The fraction of sp³-hybridized carbons (Fsp3) is 0.158. The van der Waals surface area contributed by atoms with Crippen LogP contribution in [0.3, 0.4) is 0 Å². The van der Waals surface area contributed by atoms with Gasteiger partial charge in [-0.05, 0) is 54.5 Å². The highest BCUT2D eigenvalue weighted by Gasteiger charge is 2.13. The Balaban J connectivity index is 1.69. The van der Waals surface area contributed by atoms with Crippen molar-refractivity contribution in [3.8, 4) is 5.75 Å². The van der Waals surface area contributed by atoms with Crippen LogP contribution in [0.4, 0.5) is 24.7 Å². The van der Waals surface area contributed by atoms with Crippen LogP contribution in [-0.2, 0) is 6.54 Å². The largest absolute Gasteiger partial charge is 0.433 e. The Bertz CT molecular complexity index is 1030. The second kappa shape index (κ2) is 9.15. The highest BCUT2D eigenvalue weighted by Crippen LogP contribution is 2.28. The van der Waals surface area contributed by atoms with E-state index in [1.54, 1.807) is 37.4 Å². The third kappa shape index (κ3) is 5.85. The molecule has 0 unspecified atom stereocenters. The molecule has 10 heteroatoms. The van der Waals surface area contributed by atoms with Crippen molar-refractivity contribution in [1.82, 2.24) is 9.78 Å². The number of thiocarbonyl (C=S) groups is 1. The summed E-state index contributed by atoms with van der Waals surface area (Å²) in [6.07, 6.45) is 1.56. The van der Waals surface area contributed by atoms with E-state index in [-0.39, 0.29) is 28.2 Å². The summed E-state index contributed by atoms with van der Waals surface area (Å²) in [4.78, 5) is 0. The third-order valence-corrected chi connectivity index (χ3v) is 4.26. The number of halogens is 4. The van der Waals surface area contributed by atoms with Gasteiger partial charge in [-0.3, -0.25) is 4.68 Å². The summed E-state index contributed by atoms with van der Waals surface area (Å²) in [6.45, 7) is -0.903. The van der Waals surface area contributed by atoms with Crippen molar-refractivity contribution in [2.75, 3.05) is 10.6 Å². The number of ether oxygens (including phenoxy) is 1. The highest BCUT2D eigenvalue weighted by atomic mass is 35.5. The van der Waals surface area contributed by atoms with E-state index >= 15 is 0 Å². The van der Waals surface area contributed by atoms with Crippen LogP contribution in [0.2, 0.25) is 5.02 Å². The van der Waals surface area contributed by atoms with Crippen LogP contribution in [0.15, 0.2) is 48.7 Å². The van der Waals surface area contributed by atoms with Gasteiger partial charge >= 0.3 is 6.61 Å². The van der Waals surface area contributed by atoms with Crippen molar-refractivity contribution in [3.05, 3.63) is 70.6 Å². The van der Waals surface area contributed by atoms with Crippen LogP contribution in [0, 0.1) is 12.7 Å². The number of aryl methyl sites for hydroxylation is 1. The number of hydrogen-bond donors (Lipinski definition) is 2. The number of rotatable bonds is 6. The summed E-state index contributed by atoms with van der Waals surface area (Å²) in [5.74, 6) is -0.111. The zero-order valence-electron chi connectivity index (χ0n) is 15.1. The normalized spacial score (nSPS) is 10.8. The van der Waals surface area contributed by atoms with E-state index in [0.717, 1.165) is 5.56 Å². The van der Waals surface area contributed by atoms with E-state index in [2.05, 4.69) is 20.5 Å². The second-order valence-electron chi connectivity index (χ2n) is 6.11. The van der Waals surface area contributed by atoms with Crippen LogP contribution >= 0.6 is 23.8 Å². The lowest BCUT2D eigenvalue weighted by atomic mass is 10.2. The molecule has 29 heavy (non-hydrogen) atoms. The first-order valence-corrected chi connectivity index (χ1v) is 9.19. The summed E-state index contributed by atoms with van der Waals surface area (Å²) in [7, 11) is 0. The van der Waals surface area contributed by atoms with Crippen molar-refractivity contribution in [1.29, 1.82) is 0 Å². The first kappa shape index (κ1) is 20.9. The van der Waals surface area contributed by atoms with Crippen LogP contribution in [-0.4, -0.2) is 21.5 Å². The maximum Gasteiger partial charge on any atom is 0.387 e. The molecular formula is C19H16ClF3N4OS. The summed E-state index contributed by atoms with van der Waals surface area (Å²) < 4.78 is 44.6. The molecule has 0 radical (unpaired) electrons. The lowest BCUT2D eigenvalue weighted by molar-refractivity contribution is -0.0493. The fourth-order valence-corrected chi connectivity index (χ4v) is 2.98. The summed E-state index contributed by atoms with van der Waals surface area (Å²) in [5.41, 5.74) is 1.73. The number of alkyl halides is 2. The van der Waals surface area contributed by atoms with Crippen LogP contribution in [0.25, 0.3) is 0 Å². The van der Waals surface area contributed by atoms with Gasteiger partial charge < -0.3 is 15.4 Å². The monoisotopic (exact) mass is 440 g/mol. The van der Waals surface area contributed by atoms with Crippen molar-refractivity contribution in [2.45, 2.75) is 20.1 Å². The van der Waals surface area contributed by atoms with Gasteiger partial charge in [-0.25, -0.2) is 4.39 Å². The van der Waals surface area contributed by atoms with Crippen LogP contribution in [0.1, 0.15) is 11.1 Å². The summed E-state index contributed by atoms with van der Waals surface area (Å²) in [5, 5.41) is 10.3. The quantitative estimate of drug-likeness (QED) is 0.500. The Labute approximate surface area is 175 Å². The van der Waals surface area contributed by atoms with Crippen molar-refractivity contribution >= 4 is 40.4 Å². The molecule has 3 rings (SSSR count). The molecule has 1 heterocycles.